The van der Waals surface area contributed by atoms with Crippen LogP contribution in [0.25, 0.3) is 0 Å². The van der Waals surface area contributed by atoms with Gasteiger partial charge in [-0.3, -0.25) is 9.59 Å². The zero-order valence-electron chi connectivity index (χ0n) is 11.4. The van der Waals surface area contributed by atoms with E-state index in [1.54, 1.807) is 31.2 Å². The highest BCUT2D eigenvalue weighted by molar-refractivity contribution is 6.05. The summed E-state index contributed by atoms with van der Waals surface area (Å²) in [6.45, 7) is 4.11. The van der Waals surface area contributed by atoms with Crippen molar-refractivity contribution in [2.75, 3.05) is 11.9 Å². The van der Waals surface area contributed by atoms with E-state index in [1.165, 1.54) is 6.07 Å². The SMILES string of the molecule is CCOc1ccccc1NC(=O)c1cc(C)[nH]c(=O)c1. The molecule has 0 spiro atoms. The third-order valence-electron chi connectivity index (χ3n) is 2.68. The molecule has 0 aliphatic heterocycles. The number of carbonyl (C=O) groups excluding carboxylic acids is 1. The number of rotatable bonds is 4. The van der Waals surface area contributed by atoms with Crippen molar-refractivity contribution in [3.8, 4) is 5.75 Å². The van der Waals surface area contributed by atoms with Gasteiger partial charge in [-0.1, -0.05) is 12.1 Å². The van der Waals surface area contributed by atoms with Gasteiger partial charge in [-0.25, -0.2) is 0 Å². The fraction of sp³-hybridized carbons (Fsp3) is 0.200. The number of pyridine rings is 1. The molecule has 0 saturated heterocycles. The predicted octanol–water partition coefficient (Wildman–Crippen LogP) is 2.33. The summed E-state index contributed by atoms with van der Waals surface area (Å²) in [5, 5.41) is 2.75. The quantitative estimate of drug-likeness (QED) is 0.897. The maximum absolute atomic E-state index is 12.2. The third-order valence-corrected chi connectivity index (χ3v) is 2.68. The maximum atomic E-state index is 12.2. The van der Waals surface area contributed by atoms with Gasteiger partial charge in [-0.2, -0.15) is 0 Å². The average molecular weight is 272 g/mol. The normalized spacial score (nSPS) is 10.1. The molecule has 1 heterocycles. The Bertz CT molecular complexity index is 677. The lowest BCUT2D eigenvalue weighted by molar-refractivity contribution is 0.102. The lowest BCUT2D eigenvalue weighted by Gasteiger charge is -2.11. The van der Waals surface area contributed by atoms with Crippen LogP contribution >= 0.6 is 0 Å². The van der Waals surface area contributed by atoms with Gasteiger partial charge in [-0.15, -0.1) is 0 Å². The minimum Gasteiger partial charge on any atom is -0.492 e. The number of amides is 1. The summed E-state index contributed by atoms with van der Waals surface area (Å²) < 4.78 is 5.44. The van der Waals surface area contributed by atoms with E-state index >= 15 is 0 Å². The van der Waals surface area contributed by atoms with Crippen LogP contribution in [0.1, 0.15) is 23.0 Å². The molecule has 20 heavy (non-hydrogen) atoms. The minimum absolute atomic E-state index is 0.298. The number of H-pyrrole nitrogens is 1. The zero-order valence-corrected chi connectivity index (χ0v) is 11.4. The Kier molecular flexibility index (Phi) is 4.20. The lowest BCUT2D eigenvalue weighted by atomic mass is 10.2. The molecule has 0 aliphatic carbocycles. The number of hydrogen-bond donors (Lipinski definition) is 2. The molecule has 1 amide bonds. The first-order valence-corrected chi connectivity index (χ1v) is 6.34. The molecular weight excluding hydrogens is 256 g/mol. The van der Waals surface area contributed by atoms with Gasteiger partial charge in [0, 0.05) is 17.3 Å². The van der Waals surface area contributed by atoms with Crippen LogP contribution in [0.5, 0.6) is 5.75 Å². The summed E-state index contributed by atoms with van der Waals surface area (Å²) >= 11 is 0. The Labute approximate surface area is 116 Å². The molecule has 0 atom stereocenters. The van der Waals surface area contributed by atoms with E-state index in [0.717, 1.165) is 0 Å². The summed E-state index contributed by atoms with van der Waals surface area (Å²) in [6.07, 6.45) is 0. The molecule has 0 fully saturated rings. The number of aromatic nitrogens is 1. The smallest absolute Gasteiger partial charge is 0.256 e. The number of benzene rings is 1. The summed E-state index contributed by atoms with van der Waals surface area (Å²) in [5.74, 6) is 0.260. The molecular formula is C15H16N2O3. The average Bonchev–Trinajstić information content (AvgIpc) is 2.40. The number of ether oxygens (including phenoxy) is 1. The van der Waals surface area contributed by atoms with Crippen LogP contribution in [0.2, 0.25) is 0 Å². The first-order valence-electron chi connectivity index (χ1n) is 6.34. The Morgan fingerprint density at radius 1 is 1.30 bits per heavy atom. The summed E-state index contributed by atoms with van der Waals surface area (Å²) in [7, 11) is 0. The molecule has 2 aromatic rings. The monoisotopic (exact) mass is 272 g/mol. The van der Waals surface area contributed by atoms with Crippen molar-refractivity contribution in [1.29, 1.82) is 0 Å². The van der Waals surface area contributed by atoms with E-state index in [9.17, 15) is 9.59 Å². The second-order valence-corrected chi connectivity index (χ2v) is 4.30. The van der Waals surface area contributed by atoms with Crippen LogP contribution in [-0.2, 0) is 0 Å². The summed E-state index contributed by atoms with van der Waals surface area (Å²) in [5.41, 5.74) is 1.24. The van der Waals surface area contributed by atoms with E-state index in [0.29, 0.717) is 29.3 Å². The van der Waals surface area contributed by atoms with Crippen molar-refractivity contribution >= 4 is 11.6 Å². The Morgan fingerprint density at radius 3 is 2.75 bits per heavy atom. The highest BCUT2D eigenvalue weighted by Gasteiger charge is 2.10. The van der Waals surface area contributed by atoms with Crippen LogP contribution in [-0.4, -0.2) is 17.5 Å². The van der Waals surface area contributed by atoms with Gasteiger partial charge < -0.3 is 15.0 Å². The number of hydrogen-bond acceptors (Lipinski definition) is 3. The topological polar surface area (TPSA) is 71.2 Å². The molecule has 5 nitrogen and oxygen atoms in total. The lowest BCUT2D eigenvalue weighted by Crippen LogP contribution is -2.17. The number of aryl methyl sites for hydroxylation is 1. The first kappa shape index (κ1) is 13.9. The highest BCUT2D eigenvalue weighted by atomic mass is 16.5. The van der Waals surface area contributed by atoms with Gasteiger partial charge in [0.1, 0.15) is 5.75 Å². The molecule has 1 aromatic heterocycles. The highest BCUT2D eigenvalue weighted by Crippen LogP contribution is 2.24. The number of nitrogens with one attached hydrogen (secondary N) is 2. The van der Waals surface area contributed by atoms with Crippen molar-refractivity contribution in [3.63, 3.8) is 0 Å². The van der Waals surface area contributed by atoms with Gasteiger partial charge >= 0.3 is 0 Å². The molecule has 104 valence electrons. The van der Waals surface area contributed by atoms with Crippen molar-refractivity contribution in [2.45, 2.75) is 13.8 Å². The number of para-hydroxylation sites is 2. The van der Waals surface area contributed by atoms with Crippen LogP contribution < -0.4 is 15.6 Å². The number of anilines is 1. The second kappa shape index (κ2) is 6.06. The van der Waals surface area contributed by atoms with E-state index in [2.05, 4.69) is 10.3 Å². The summed E-state index contributed by atoms with van der Waals surface area (Å²) in [4.78, 5) is 26.1. The Hall–Kier alpha value is -2.56. The van der Waals surface area contributed by atoms with Crippen LogP contribution in [0.15, 0.2) is 41.2 Å². The fourth-order valence-electron chi connectivity index (χ4n) is 1.86. The van der Waals surface area contributed by atoms with Crippen molar-refractivity contribution in [2.24, 2.45) is 0 Å². The summed E-state index contributed by atoms with van der Waals surface area (Å²) in [6, 6.07) is 10.1. The molecule has 0 radical (unpaired) electrons. The minimum atomic E-state index is -0.341. The van der Waals surface area contributed by atoms with Crippen LogP contribution in [0, 0.1) is 6.92 Å². The first-order chi connectivity index (χ1) is 9.60. The Balaban J connectivity index is 2.25. The van der Waals surface area contributed by atoms with E-state index in [4.69, 9.17) is 4.74 Å². The van der Waals surface area contributed by atoms with E-state index in [1.807, 2.05) is 13.0 Å². The van der Waals surface area contributed by atoms with Crippen LogP contribution in [0.3, 0.4) is 0 Å². The number of aromatic amines is 1. The third kappa shape index (κ3) is 3.26. The van der Waals surface area contributed by atoms with Gasteiger partial charge in [0.05, 0.1) is 12.3 Å². The van der Waals surface area contributed by atoms with Crippen LogP contribution in [0.4, 0.5) is 5.69 Å². The standard InChI is InChI=1S/C15H16N2O3/c1-3-20-13-7-5-4-6-12(13)17-15(19)11-8-10(2)16-14(18)9-11/h4-9H,3H2,1-2H3,(H,16,18)(H,17,19). The Morgan fingerprint density at radius 2 is 2.05 bits per heavy atom. The molecule has 2 N–H and O–H groups in total. The largest absolute Gasteiger partial charge is 0.492 e. The maximum Gasteiger partial charge on any atom is 0.256 e. The fourth-order valence-corrected chi connectivity index (χ4v) is 1.86. The van der Waals surface area contributed by atoms with Gasteiger partial charge in [-0.05, 0) is 32.0 Å². The molecule has 0 unspecified atom stereocenters. The molecule has 0 bridgehead atoms. The molecule has 0 aliphatic rings. The van der Waals surface area contributed by atoms with Gasteiger partial charge in [0.25, 0.3) is 5.91 Å². The molecule has 2 rings (SSSR count). The molecule has 0 saturated carbocycles. The van der Waals surface area contributed by atoms with Crippen molar-refractivity contribution in [1.82, 2.24) is 4.98 Å². The zero-order chi connectivity index (χ0) is 14.5. The van der Waals surface area contributed by atoms with Gasteiger partial charge in [0.15, 0.2) is 0 Å². The second-order valence-electron chi connectivity index (χ2n) is 4.30. The molecule has 5 heteroatoms. The van der Waals surface area contributed by atoms with E-state index < -0.39 is 0 Å². The van der Waals surface area contributed by atoms with Crippen molar-refractivity contribution < 1.29 is 9.53 Å². The number of carbonyl (C=O) groups is 1. The molecule has 1 aromatic carbocycles. The predicted molar refractivity (Wildman–Crippen MR) is 77.4 cm³/mol. The van der Waals surface area contributed by atoms with Gasteiger partial charge in [0.2, 0.25) is 5.56 Å². The van der Waals surface area contributed by atoms with E-state index in [-0.39, 0.29) is 11.5 Å². The van der Waals surface area contributed by atoms with Crippen molar-refractivity contribution in [3.05, 3.63) is 58.0 Å².